The van der Waals surface area contributed by atoms with E-state index in [1.165, 1.54) is 44.7 Å². The van der Waals surface area contributed by atoms with Crippen molar-refractivity contribution in [3.63, 3.8) is 0 Å². The topological polar surface area (TPSA) is 6.48 Å². The second kappa shape index (κ2) is 7.76. The van der Waals surface area contributed by atoms with E-state index in [4.69, 9.17) is 0 Å². The van der Waals surface area contributed by atoms with Crippen LogP contribution in [0.15, 0.2) is 18.2 Å². The van der Waals surface area contributed by atoms with Gasteiger partial charge < -0.3 is 23.6 Å². The van der Waals surface area contributed by atoms with Crippen molar-refractivity contribution in [2.45, 2.75) is 19.3 Å². The maximum Gasteiger partial charge on any atom is 0.0376 e. The Morgan fingerprint density at radius 2 is 1.84 bits per heavy atom. The Hall–Kier alpha value is 0.0839. The number of anilines is 1. The van der Waals surface area contributed by atoms with E-state index < -0.39 is 0 Å². The van der Waals surface area contributed by atoms with Crippen molar-refractivity contribution in [2.24, 2.45) is 0 Å². The zero-order valence-corrected chi connectivity index (χ0v) is 15.1. The predicted octanol–water partition coefficient (Wildman–Crippen LogP) is 2.58. The van der Waals surface area contributed by atoms with E-state index in [1.54, 1.807) is 11.1 Å². The fourth-order valence-electron chi connectivity index (χ4n) is 2.94. The molecule has 0 unspecified atom stereocenters. The van der Waals surface area contributed by atoms with Gasteiger partial charge in [0.15, 0.2) is 0 Å². The summed E-state index contributed by atoms with van der Waals surface area (Å²) in [6.07, 6.45) is 6.08. The second-order valence-corrected chi connectivity index (χ2v) is 5.24. The van der Waals surface area contributed by atoms with Gasteiger partial charge in [0.2, 0.25) is 0 Å². The third-order valence-electron chi connectivity index (χ3n) is 4.06. The van der Waals surface area contributed by atoms with Crippen LogP contribution >= 0.6 is 0 Å². The molecule has 19 heavy (non-hydrogen) atoms. The maximum atomic E-state index is 2.57. The largest absolute Gasteiger partial charge is 0.369 e. The molecule has 1 heterocycles. The molecule has 0 aromatic heterocycles. The van der Waals surface area contributed by atoms with E-state index in [0.29, 0.717) is 0 Å². The number of benzene rings is 1. The van der Waals surface area contributed by atoms with Gasteiger partial charge in [-0.3, -0.25) is 0 Å². The molecular weight excluding hydrogens is 309 g/mol. The van der Waals surface area contributed by atoms with Gasteiger partial charge in [-0.25, -0.2) is 0 Å². The molecule has 103 valence electrons. The average Bonchev–Trinajstić information content (AvgIpc) is 2.39. The van der Waals surface area contributed by atoms with Crippen molar-refractivity contribution in [3.8, 4) is 0 Å². The summed E-state index contributed by atoms with van der Waals surface area (Å²) in [5, 5.41) is 0. The molecular formula is C16H24N2Y-2. The van der Waals surface area contributed by atoms with E-state index in [1.807, 2.05) is 0 Å². The van der Waals surface area contributed by atoms with Crippen LogP contribution < -0.4 is 4.90 Å². The summed E-state index contributed by atoms with van der Waals surface area (Å²) in [5.41, 5.74) is 4.65. The van der Waals surface area contributed by atoms with Crippen LogP contribution in [0.1, 0.15) is 17.5 Å². The van der Waals surface area contributed by atoms with Crippen LogP contribution in [-0.2, 0) is 45.6 Å². The van der Waals surface area contributed by atoms with Gasteiger partial charge in [-0.1, -0.05) is 24.1 Å². The summed E-state index contributed by atoms with van der Waals surface area (Å²) >= 11 is 0. The van der Waals surface area contributed by atoms with Crippen molar-refractivity contribution in [1.29, 1.82) is 0 Å². The molecule has 3 heteroatoms. The smallest absolute Gasteiger partial charge is 0.0376 e. The van der Waals surface area contributed by atoms with E-state index in [2.05, 4.69) is 41.5 Å². The summed E-state index contributed by atoms with van der Waals surface area (Å²) < 4.78 is 0. The minimum atomic E-state index is 0. The van der Waals surface area contributed by atoms with Crippen molar-refractivity contribution in [3.05, 3.63) is 43.2 Å². The van der Waals surface area contributed by atoms with Gasteiger partial charge in [0.1, 0.15) is 0 Å². The molecule has 0 atom stereocenters. The Morgan fingerprint density at radius 1 is 1.11 bits per heavy atom. The van der Waals surface area contributed by atoms with Gasteiger partial charge in [0.25, 0.3) is 0 Å². The molecule has 0 saturated carbocycles. The number of likely N-dealkylation sites (N-methyl/N-ethyl adjacent to an activating group) is 1. The molecule has 0 bridgehead atoms. The van der Waals surface area contributed by atoms with Crippen LogP contribution in [-0.4, -0.2) is 38.1 Å². The standard InChI is InChI=1S/C15H21N2.CH3.Y/c1-16-9-11-17(12-10-16)15-8-4-6-13-5-2-3-7-14(13)15;;/h3-4,6,8H,2,5,7,9-12H2,1H3;1H3;/q2*-1;. The predicted molar refractivity (Wildman–Crippen MR) is 78.9 cm³/mol. The van der Waals surface area contributed by atoms with Crippen LogP contribution in [0.4, 0.5) is 5.69 Å². The fourth-order valence-corrected chi connectivity index (χ4v) is 2.94. The molecule has 3 rings (SSSR count). The number of rotatable bonds is 1. The van der Waals surface area contributed by atoms with Crippen LogP contribution in [0.2, 0.25) is 0 Å². The van der Waals surface area contributed by atoms with E-state index >= 15 is 0 Å². The molecule has 1 aliphatic carbocycles. The van der Waals surface area contributed by atoms with Gasteiger partial charge in [-0.05, 0) is 18.7 Å². The van der Waals surface area contributed by atoms with Crippen molar-refractivity contribution in [1.82, 2.24) is 4.90 Å². The summed E-state index contributed by atoms with van der Waals surface area (Å²) in [6.45, 7) is 4.72. The first kappa shape index (κ1) is 17.1. The number of piperazine rings is 1. The molecule has 0 amide bonds. The van der Waals surface area contributed by atoms with Crippen LogP contribution in [0.25, 0.3) is 0 Å². The molecule has 0 spiro atoms. The molecule has 1 aromatic carbocycles. The van der Waals surface area contributed by atoms with Gasteiger partial charge in [0.05, 0.1) is 0 Å². The monoisotopic (exact) mass is 333 g/mol. The van der Waals surface area contributed by atoms with Gasteiger partial charge >= 0.3 is 0 Å². The fraction of sp³-hybridized carbons (Fsp3) is 0.500. The first-order valence-electron chi connectivity index (χ1n) is 6.70. The first-order valence-corrected chi connectivity index (χ1v) is 6.70. The Bertz CT molecular complexity index is 398. The van der Waals surface area contributed by atoms with Gasteiger partial charge in [-0.2, -0.15) is 12.8 Å². The zero-order valence-electron chi connectivity index (χ0n) is 12.2. The van der Waals surface area contributed by atoms with E-state index in [0.717, 1.165) is 6.42 Å². The SMILES string of the molecule is CN1CCN(c2cccc3c2C[CH-]CC3)CC1.[CH3-].[Y]. The quantitative estimate of drug-likeness (QED) is 0.729. The normalized spacial score (nSPS) is 19.1. The number of aryl methyl sites for hydroxylation is 1. The molecule has 2 nitrogen and oxygen atoms in total. The van der Waals surface area contributed by atoms with Gasteiger partial charge in [-0.15, -0.1) is 0 Å². The zero-order chi connectivity index (χ0) is 11.7. The summed E-state index contributed by atoms with van der Waals surface area (Å²) in [5.74, 6) is 0. The molecule has 2 aliphatic rings. The number of fused-ring (bicyclic) bond motifs is 1. The van der Waals surface area contributed by atoms with Crippen LogP contribution in [0.5, 0.6) is 0 Å². The third kappa shape index (κ3) is 3.80. The van der Waals surface area contributed by atoms with Crippen molar-refractivity contribution in [2.75, 3.05) is 38.1 Å². The third-order valence-corrected chi connectivity index (χ3v) is 4.06. The Labute approximate surface area is 143 Å². The Kier molecular flexibility index (Phi) is 7.00. The second-order valence-electron chi connectivity index (χ2n) is 5.24. The number of nitrogens with zero attached hydrogens (tertiary/aromatic N) is 2. The minimum absolute atomic E-state index is 0. The van der Waals surface area contributed by atoms with E-state index in [9.17, 15) is 0 Å². The minimum Gasteiger partial charge on any atom is -0.369 e. The Balaban J connectivity index is 0.000000902. The van der Waals surface area contributed by atoms with Crippen LogP contribution in [0, 0.1) is 13.8 Å². The van der Waals surface area contributed by atoms with Gasteiger partial charge in [0, 0.05) is 64.6 Å². The summed E-state index contributed by atoms with van der Waals surface area (Å²) in [6, 6.07) is 6.85. The summed E-state index contributed by atoms with van der Waals surface area (Å²) in [7, 11) is 2.21. The average molecular weight is 333 g/mol. The first-order chi connectivity index (χ1) is 8.34. The molecule has 0 N–H and O–H groups in total. The van der Waals surface area contributed by atoms with Crippen molar-refractivity contribution >= 4 is 5.69 Å². The molecule has 1 aliphatic heterocycles. The van der Waals surface area contributed by atoms with E-state index in [-0.39, 0.29) is 40.1 Å². The molecule has 1 saturated heterocycles. The summed E-state index contributed by atoms with van der Waals surface area (Å²) in [4.78, 5) is 4.98. The van der Waals surface area contributed by atoms with Crippen molar-refractivity contribution < 1.29 is 32.7 Å². The Morgan fingerprint density at radius 3 is 2.58 bits per heavy atom. The molecule has 1 radical (unpaired) electrons. The number of hydrogen-bond donors (Lipinski definition) is 0. The number of hydrogen-bond acceptors (Lipinski definition) is 2. The maximum absolute atomic E-state index is 2.57. The molecule has 1 fully saturated rings. The van der Waals surface area contributed by atoms with Crippen LogP contribution in [0.3, 0.4) is 0 Å². The molecule has 1 aromatic rings.